The molecule has 0 saturated heterocycles. The van der Waals surface area contributed by atoms with Crippen molar-refractivity contribution in [3.8, 4) is 11.8 Å². The molecule has 0 aromatic heterocycles. The summed E-state index contributed by atoms with van der Waals surface area (Å²) in [6.45, 7) is 2.86. The molecule has 0 atom stereocenters. The van der Waals surface area contributed by atoms with Crippen LogP contribution < -0.4 is 15.9 Å². The van der Waals surface area contributed by atoms with Crippen LogP contribution in [-0.4, -0.2) is 18.2 Å². The highest BCUT2D eigenvalue weighted by atomic mass is 16.5. The summed E-state index contributed by atoms with van der Waals surface area (Å²) in [5, 5.41) is 19.6. The van der Waals surface area contributed by atoms with Gasteiger partial charge in [0.1, 0.15) is 11.8 Å². The number of amidine groups is 1. The van der Waals surface area contributed by atoms with Gasteiger partial charge in [-0.25, -0.2) is 0 Å². The summed E-state index contributed by atoms with van der Waals surface area (Å²) in [7, 11) is 0. The zero-order valence-corrected chi connectivity index (χ0v) is 11.5. The fraction of sp³-hybridized carbons (Fsp3) is 0.357. The van der Waals surface area contributed by atoms with Crippen LogP contribution in [0.4, 0.5) is 5.69 Å². The number of nitrogens with zero attached hydrogens (tertiary/aromatic N) is 2. The average molecular weight is 273 g/mol. The van der Waals surface area contributed by atoms with Gasteiger partial charge in [0.25, 0.3) is 0 Å². The van der Waals surface area contributed by atoms with Gasteiger partial charge in [-0.05, 0) is 30.7 Å². The van der Waals surface area contributed by atoms with E-state index in [1.807, 2.05) is 12.1 Å². The Balaban J connectivity index is 2.50. The second-order valence-electron chi connectivity index (χ2n) is 4.18. The molecule has 0 amide bonds. The molecule has 0 saturated carbocycles. The summed E-state index contributed by atoms with van der Waals surface area (Å²) in [5.74, 6) is 0.429. The van der Waals surface area contributed by atoms with Gasteiger partial charge in [0, 0.05) is 0 Å². The number of rotatable bonds is 8. The molecular weight excluding hydrogens is 254 g/mol. The molecule has 1 aromatic carbocycles. The van der Waals surface area contributed by atoms with E-state index in [0.29, 0.717) is 12.3 Å². The Kier molecular flexibility index (Phi) is 6.62. The second-order valence-corrected chi connectivity index (χ2v) is 4.18. The van der Waals surface area contributed by atoms with E-state index in [2.05, 4.69) is 17.5 Å². The van der Waals surface area contributed by atoms with Crippen molar-refractivity contribution in [2.24, 2.45) is 10.8 Å². The summed E-state index contributed by atoms with van der Waals surface area (Å²) < 4.78 is 5.58. The van der Waals surface area contributed by atoms with E-state index in [1.165, 1.54) is 6.42 Å². The Morgan fingerprint density at radius 2 is 2.10 bits per heavy atom. The molecule has 0 fully saturated rings. The largest absolute Gasteiger partial charge is 0.494 e. The van der Waals surface area contributed by atoms with Crippen molar-refractivity contribution in [1.29, 1.82) is 10.7 Å². The molecule has 1 aromatic rings. The quantitative estimate of drug-likeness (QED) is 0.292. The zero-order chi connectivity index (χ0) is 14.8. The van der Waals surface area contributed by atoms with Crippen molar-refractivity contribution in [2.75, 3.05) is 12.0 Å². The smallest absolute Gasteiger partial charge is 0.201 e. The second kappa shape index (κ2) is 8.53. The number of nitriles is 1. The third-order valence-corrected chi connectivity index (χ3v) is 2.53. The van der Waals surface area contributed by atoms with Crippen LogP contribution in [0.3, 0.4) is 0 Å². The lowest BCUT2D eigenvalue weighted by molar-refractivity contribution is 0.306. The van der Waals surface area contributed by atoms with E-state index in [9.17, 15) is 0 Å². The maximum atomic E-state index is 8.70. The van der Waals surface area contributed by atoms with Crippen molar-refractivity contribution in [2.45, 2.75) is 26.2 Å². The van der Waals surface area contributed by atoms with Crippen molar-refractivity contribution in [1.82, 2.24) is 0 Å². The molecule has 20 heavy (non-hydrogen) atoms. The molecule has 1 rings (SSSR count). The van der Waals surface area contributed by atoms with Crippen LogP contribution in [0.2, 0.25) is 0 Å². The first-order valence-corrected chi connectivity index (χ1v) is 6.48. The Labute approximate surface area is 118 Å². The number of hydrazone groups is 1. The fourth-order valence-corrected chi connectivity index (χ4v) is 1.43. The van der Waals surface area contributed by atoms with E-state index < -0.39 is 0 Å². The zero-order valence-electron chi connectivity index (χ0n) is 11.5. The van der Waals surface area contributed by atoms with Gasteiger partial charge in [-0.1, -0.05) is 19.8 Å². The standard InChI is InChI=1S/C14H19N5O/c1-2-3-4-9-20-12-7-5-11(6-8-12)18-19-13(10-15)14(16)17/h5-8,18H,2-4,9H2,1H3,(H3,16,17)/b19-13+. The van der Waals surface area contributed by atoms with Crippen LogP contribution in [-0.2, 0) is 0 Å². The normalized spacial score (nSPS) is 10.7. The topological polar surface area (TPSA) is 107 Å². The van der Waals surface area contributed by atoms with Crippen LogP contribution in [0.15, 0.2) is 29.4 Å². The predicted octanol–water partition coefficient (Wildman–Crippen LogP) is 2.48. The molecule has 0 unspecified atom stereocenters. The number of ether oxygens (including phenoxy) is 1. The highest BCUT2D eigenvalue weighted by Gasteiger charge is 2.01. The molecule has 0 aliphatic rings. The van der Waals surface area contributed by atoms with Gasteiger partial charge in [-0.3, -0.25) is 10.8 Å². The number of hydrogen-bond acceptors (Lipinski definition) is 5. The Morgan fingerprint density at radius 3 is 2.65 bits per heavy atom. The Bertz CT molecular complexity index is 501. The van der Waals surface area contributed by atoms with Crippen LogP contribution in [0, 0.1) is 16.7 Å². The molecule has 0 heterocycles. The van der Waals surface area contributed by atoms with E-state index >= 15 is 0 Å². The molecule has 0 bridgehead atoms. The minimum Gasteiger partial charge on any atom is -0.494 e. The average Bonchev–Trinajstić information content (AvgIpc) is 2.45. The number of anilines is 1. The molecule has 0 aliphatic heterocycles. The van der Waals surface area contributed by atoms with Gasteiger partial charge in [0.05, 0.1) is 12.3 Å². The highest BCUT2D eigenvalue weighted by molar-refractivity contribution is 6.45. The molecule has 0 radical (unpaired) electrons. The van der Waals surface area contributed by atoms with Crippen LogP contribution in [0.1, 0.15) is 26.2 Å². The van der Waals surface area contributed by atoms with Gasteiger partial charge in [-0.2, -0.15) is 10.4 Å². The van der Waals surface area contributed by atoms with Gasteiger partial charge >= 0.3 is 0 Å². The summed E-state index contributed by atoms with van der Waals surface area (Å²) >= 11 is 0. The van der Waals surface area contributed by atoms with Crippen molar-refractivity contribution in [3.63, 3.8) is 0 Å². The lowest BCUT2D eigenvalue weighted by Gasteiger charge is -2.06. The molecule has 6 nitrogen and oxygen atoms in total. The molecule has 0 aliphatic carbocycles. The maximum Gasteiger partial charge on any atom is 0.201 e. The first kappa shape index (κ1) is 15.5. The highest BCUT2D eigenvalue weighted by Crippen LogP contribution is 2.16. The number of unbranched alkanes of at least 4 members (excludes halogenated alkanes) is 2. The molecule has 0 spiro atoms. The van der Waals surface area contributed by atoms with E-state index in [-0.39, 0.29) is 11.5 Å². The fourth-order valence-electron chi connectivity index (χ4n) is 1.43. The summed E-state index contributed by atoms with van der Waals surface area (Å²) in [6, 6.07) is 8.95. The molecular formula is C14H19N5O. The first-order chi connectivity index (χ1) is 9.67. The Morgan fingerprint density at radius 1 is 1.40 bits per heavy atom. The minimum atomic E-state index is -0.365. The van der Waals surface area contributed by atoms with Crippen LogP contribution >= 0.6 is 0 Å². The summed E-state index contributed by atoms with van der Waals surface area (Å²) in [4.78, 5) is 0. The SMILES string of the molecule is CCCCCOc1ccc(N/N=C(\C#N)C(=N)N)cc1. The summed E-state index contributed by atoms with van der Waals surface area (Å²) in [5.41, 5.74) is 8.40. The number of nitrogens with two attached hydrogens (primary N) is 1. The predicted molar refractivity (Wildman–Crippen MR) is 80.0 cm³/mol. The minimum absolute atomic E-state index is 0.148. The lowest BCUT2D eigenvalue weighted by Crippen LogP contribution is -2.21. The maximum absolute atomic E-state index is 8.70. The van der Waals surface area contributed by atoms with Gasteiger partial charge in [-0.15, -0.1) is 0 Å². The molecule has 4 N–H and O–H groups in total. The monoisotopic (exact) mass is 273 g/mol. The van der Waals surface area contributed by atoms with Crippen LogP contribution in [0.5, 0.6) is 5.75 Å². The van der Waals surface area contributed by atoms with E-state index in [0.717, 1.165) is 18.6 Å². The molecule has 6 heteroatoms. The first-order valence-electron chi connectivity index (χ1n) is 6.48. The van der Waals surface area contributed by atoms with Gasteiger partial charge < -0.3 is 10.5 Å². The van der Waals surface area contributed by atoms with E-state index in [1.54, 1.807) is 18.2 Å². The van der Waals surface area contributed by atoms with Crippen molar-refractivity contribution in [3.05, 3.63) is 24.3 Å². The number of hydrogen-bond donors (Lipinski definition) is 3. The third kappa shape index (κ3) is 5.40. The number of nitrogens with one attached hydrogen (secondary N) is 2. The Hall–Kier alpha value is -2.55. The third-order valence-electron chi connectivity index (χ3n) is 2.53. The van der Waals surface area contributed by atoms with Gasteiger partial charge in [0.2, 0.25) is 5.71 Å². The summed E-state index contributed by atoms with van der Waals surface area (Å²) in [6.07, 6.45) is 3.38. The van der Waals surface area contributed by atoms with Crippen molar-refractivity contribution >= 4 is 17.2 Å². The van der Waals surface area contributed by atoms with Crippen LogP contribution in [0.25, 0.3) is 0 Å². The molecule has 106 valence electrons. The lowest BCUT2D eigenvalue weighted by atomic mass is 10.2. The van der Waals surface area contributed by atoms with Gasteiger partial charge in [0.15, 0.2) is 5.84 Å². The van der Waals surface area contributed by atoms with E-state index in [4.69, 9.17) is 21.1 Å². The number of benzene rings is 1. The van der Waals surface area contributed by atoms with Crippen molar-refractivity contribution < 1.29 is 4.74 Å².